The largest absolute Gasteiger partial charge is 0.494 e. The normalized spacial score (nSPS) is 14.6. The monoisotopic (exact) mass is 464 g/mol. The molecule has 0 spiro atoms. The fourth-order valence-corrected chi connectivity index (χ4v) is 4.52. The number of hydrogen-bond acceptors (Lipinski definition) is 7. The topological polar surface area (TPSA) is 77.4 Å². The van der Waals surface area contributed by atoms with Gasteiger partial charge in [0.15, 0.2) is 5.69 Å². The molecule has 1 aliphatic rings. The van der Waals surface area contributed by atoms with Gasteiger partial charge in [-0.1, -0.05) is 49.7 Å². The Morgan fingerprint density at radius 1 is 1.09 bits per heavy atom. The average Bonchev–Trinajstić information content (AvgIpc) is 2.97. The predicted octanol–water partition coefficient (Wildman–Crippen LogP) is 5.66. The zero-order valence-corrected chi connectivity index (χ0v) is 20.0. The van der Waals surface area contributed by atoms with Crippen molar-refractivity contribution in [3.63, 3.8) is 0 Å². The number of carbonyl (C=O) groups is 1. The maximum absolute atomic E-state index is 12.8. The van der Waals surface area contributed by atoms with Crippen molar-refractivity contribution in [3.05, 3.63) is 54.1 Å². The molecule has 2 heterocycles. The van der Waals surface area contributed by atoms with Gasteiger partial charge in [-0.2, -0.15) is 4.98 Å². The molecule has 1 aromatic heterocycles. The molecule has 8 heteroatoms. The standard InChI is InChI=1S/C25H28N4O3S/c1-4-6-9-16-33-25-26-23-22(27-28-25)20-10-7-8-11-21(20)29(17(3)30)24(32-23)18-12-14-19(15-13-18)31-5-2/h7-8,10-15,24H,4-6,9,16H2,1-3H3. The zero-order chi connectivity index (χ0) is 23.2. The van der Waals surface area contributed by atoms with Gasteiger partial charge in [-0.3, -0.25) is 9.69 Å². The summed E-state index contributed by atoms with van der Waals surface area (Å²) in [6.45, 7) is 6.24. The van der Waals surface area contributed by atoms with Crippen LogP contribution in [0.15, 0.2) is 53.7 Å². The molecule has 0 saturated carbocycles. The van der Waals surface area contributed by atoms with Crippen molar-refractivity contribution in [2.75, 3.05) is 17.3 Å². The van der Waals surface area contributed by atoms with Crippen molar-refractivity contribution in [1.29, 1.82) is 0 Å². The Kier molecular flexibility index (Phi) is 7.44. The van der Waals surface area contributed by atoms with E-state index in [4.69, 9.17) is 14.5 Å². The van der Waals surface area contributed by atoms with Gasteiger partial charge in [0.05, 0.1) is 12.3 Å². The summed E-state index contributed by atoms with van der Waals surface area (Å²) in [4.78, 5) is 19.2. The first-order valence-corrected chi connectivity index (χ1v) is 12.3. The van der Waals surface area contributed by atoms with Crippen LogP contribution in [0.5, 0.6) is 11.6 Å². The molecule has 172 valence electrons. The summed E-state index contributed by atoms with van der Waals surface area (Å²) in [6, 6.07) is 15.2. The molecular formula is C25H28N4O3S. The lowest BCUT2D eigenvalue weighted by Gasteiger charge is -2.30. The summed E-state index contributed by atoms with van der Waals surface area (Å²) in [7, 11) is 0. The van der Waals surface area contributed by atoms with Crippen molar-refractivity contribution in [3.8, 4) is 22.9 Å². The Bertz CT molecular complexity index is 1110. The molecule has 1 amide bonds. The van der Waals surface area contributed by atoms with E-state index in [1.807, 2.05) is 55.5 Å². The van der Waals surface area contributed by atoms with E-state index in [1.165, 1.54) is 13.3 Å². The van der Waals surface area contributed by atoms with Crippen LogP contribution in [0, 0.1) is 0 Å². The number of fused-ring (bicyclic) bond motifs is 3. The van der Waals surface area contributed by atoms with Crippen molar-refractivity contribution in [2.24, 2.45) is 0 Å². The minimum atomic E-state index is -0.699. The van der Waals surface area contributed by atoms with Gasteiger partial charge >= 0.3 is 0 Å². The van der Waals surface area contributed by atoms with E-state index < -0.39 is 6.23 Å². The minimum Gasteiger partial charge on any atom is -0.494 e. The summed E-state index contributed by atoms with van der Waals surface area (Å²) in [6.07, 6.45) is 2.73. The third-order valence-corrected chi connectivity index (χ3v) is 6.23. The van der Waals surface area contributed by atoms with E-state index in [0.29, 0.717) is 29.0 Å². The number of unbranched alkanes of at least 4 members (excludes halogenated alkanes) is 2. The van der Waals surface area contributed by atoms with E-state index >= 15 is 0 Å². The maximum atomic E-state index is 12.8. The van der Waals surface area contributed by atoms with Crippen molar-refractivity contribution < 1.29 is 14.3 Å². The summed E-state index contributed by atoms with van der Waals surface area (Å²) in [5.74, 6) is 1.92. The number of ether oxygens (including phenoxy) is 2. The second-order valence-electron chi connectivity index (χ2n) is 7.68. The molecule has 3 aromatic rings. The highest BCUT2D eigenvalue weighted by Gasteiger charge is 2.34. The lowest BCUT2D eigenvalue weighted by molar-refractivity contribution is -0.118. The van der Waals surface area contributed by atoms with Crippen LogP contribution in [0.1, 0.15) is 51.8 Å². The Balaban J connectivity index is 1.76. The number of anilines is 1. The highest BCUT2D eigenvalue weighted by Crippen LogP contribution is 2.43. The molecule has 0 fully saturated rings. The molecule has 4 rings (SSSR count). The van der Waals surface area contributed by atoms with Gasteiger partial charge in [0.2, 0.25) is 23.2 Å². The lowest BCUT2D eigenvalue weighted by Crippen LogP contribution is -2.36. The number of nitrogens with zero attached hydrogens (tertiary/aromatic N) is 4. The second-order valence-corrected chi connectivity index (χ2v) is 8.74. The van der Waals surface area contributed by atoms with E-state index in [2.05, 4.69) is 17.1 Å². The Labute approximate surface area is 198 Å². The van der Waals surface area contributed by atoms with Gasteiger partial charge in [0.25, 0.3) is 0 Å². The van der Waals surface area contributed by atoms with Crippen LogP contribution < -0.4 is 14.4 Å². The number of aromatic nitrogens is 3. The average molecular weight is 465 g/mol. The first-order valence-electron chi connectivity index (χ1n) is 11.3. The quantitative estimate of drug-likeness (QED) is 0.314. The van der Waals surface area contributed by atoms with Crippen LogP contribution in [0.3, 0.4) is 0 Å². The fraction of sp³-hybridized carbons (Fsp3) is 0.360. The number of para-hydroxylation sites is 1. The van der Waals surface area contributed by atoms with Crippen LogP contribution in [0.2, 0.25) is 0 Å². The Hall–Kier alpha value is -3.13. The van der Waals surface area contributed by atoms with Gasteiger partial charge in [-0.05, 0) is 43.7 Å². The molecule has 33 heavy (non-hydrogen) atoms. The van der Waals surface area contributed by atoms with Crippen LogP contribution in [0.25, 0.3) is 11.3 Å². The minimum absolute atomic E-state index is 0.142. The number of amides is 1. The highest BCUT2D eigenvalue weighted by atomic mass is 32.2. The highest BCUT2D eigenvalue weighted by molar-refractivity contribution is 7.99. The number of rotatable bonds is 8. The summed E-state index contributed by atoms with van der Waals surface area (Å²) in [5.41, 5.74) is 2.82. The molecule has 7 nitrogen and oxygen atoms in total. The molecule has 1 atom stereocenters. The molecular weight excluding hydrogens is 436 g/mol. The zero-order valence-electron chi connectivity index (χ0n) is 19.2. The third kappa shape index (κ3) is 5.11. The predicted molar refractivity (Wildman–Crippen MR) is 130 cm³/mol. The van der Waals surface area contributed by atoms with Crippen LogP contribution in [0.4, 0.5) is 5.69 Å². The van der Waals surface area contributed by atoms with Gasteiger partial charge in [-0.25, -0.2) is 0 Å². The summed E-state index contributed by atoms with van der Waals surface area (Å²) in [5, 5.41) is 9.37. The summed E-state index contributed by atoms with van der Waals surface area (Å²) < 4.78 is 12.0. The maximum Gasteiger partial charge on any atom is 0.247 e. The van der Waals surface area contributed by atoms with Crippen molar-refractivity contribution in [2.45, 2.75) is 51.4 Å². The smallest absolute Gasteiger partial charge is 0.247 e. The van der Waals surface area contributed by atoms with Gasteiger partial charge in [-0.15, -0.1) is 10.2 Å². The molecule has 0 bridgehead atoms. The van der Waals surface area contributed by atoms with Gasteiger partial charge in [0, 0.05) is 23.8 Å². The Morgan fingerprint density at radius 2 is 1.88 bits per heavy atom. The van der Waals surface area contributed by atoms with Gasteiger partial charge < -0.3 is 9.47 Å². The molecule has 0 radical (unpaired) electrons. The van der Waals surface area contributed by atoms with E-state index in [9.17, 15) is 4.79 Å². The van der Waals surface area contributed by atoms with Crippen LogP contribution in [-0.4, -0.2) is 33.4 Å². The summed E-state index contributed by atoms with van der Waals surface area (Å²) >= 11 is 1.57. The molecule has 0 N–H and O–H groups in total. The Morgan fingerprint density at radius 3 is 2.61 bits per heavy atom. The first-order chi connectivity index (χ1) is 16.1. The van der Waals surface area contributed by atoms with E-state index in [0.717, 1.165) is 35.5 Å². The fourth-order valence-electron chi connectivity index (χ4n) is 3.74. The molecule has 0 saturated heterocycles. The second kappa shape index (κ2) is 10.7. The number of benzene rings is 2. The number of thioether (sulfide) groups is 1. The van der Waals surface area contributed by atoms with Crippen molar-refractivity contribution >= 4 is 23.4 Å². The number of hydrogen-bond donors (Lipinski definition) is 0. The lowest BCUT2D eigenvalue weighted by atomic mass is 10.1. The van der Waals surface area contributed by atoms with Gasteiger partial charge in [0.1, 0.15) is 5.75 Å². The van der Waals surface area contributed by atoms with Crippen LogP contribution in [-0.2, 0) is 4.79 Å². The molecule has 2 aromatic carbocycles. The number of carbonyl (C=O) groups excluding carboxylic acids is 1. The SMILES string of the molecule is CCCCCSc1nnc2c(n1)OC(c1ccc(OCC)cc1)N(C(C)=O)c1ccccc1-2. The third-order valence-electron chi connectivity index (χ3n) is 5.31. The van der Waals surface area contributed by atoms with E-state index in [-0.39, 0.29) is 5.91 Å². The molecule has 0 aliphatic carbocycles. The van der Waals surface area contributed by atoms with Crippen LogP contribution >= 0.6 is 11.8 Å². The molecule has 1 unspecified atom stereocenters. The van der Waals surface area contributed by atoms with Crippen molar-refractivity contribution in [1.82, 2.24) is 15.2 Å². The van der Waals surface area contributed by atoms with E-state index in [1.54, 1.807) is 16.7 Å². The first kappa shape index (κ1) is 23.0. The molecule has 1 aliphatic heterocycles.